The van der Waals surface area contributed by atoms with Crippen LogP contribution in [0.4, 0.5) is 10.8 Å². The van der Waals surface area contributed by atoms with Crippen LogP contribution >= 0.6 is 23.7 Å². The highest BCUT2D eigenvalue weighted by atomic mass is 35.5. The SMILES string of the molecule is CC(=O)Nc1ccc(-c2csc(NC(=O)CC3(CN)CCCCC3)n2)cc1.Cl. The number of amides is 2. The molecule has 8 heteroatoms. The molecular weight excluding hydrogens is 396 g/mol. The van der Waals surface area contributed by atoms with E-state index < -0.39 is 0 Å². The lowest BCUT2D eigenvalue weighted by molar-refractivity contribution is -0.119. The van der Waals surface area contributed by atoms with Gasteiger partial charge in [-0.3, -0.25) is 9.59 Å². The minimum atomic E-state index is -0.102. The third kappa shape index (κ3) is 5.77. The first-order valence-electron chi connectivity index (χ1n) is 9.33. The first-order chi connectivity index (χ1) is 13.0. The van der Waals surface area contributed by atoms with Crippen molar-refractivity contribution in [3.05, 3.63) is 29.6 Å². The van der Waals surface area contributed by atoms with Crippen molar-refractivity contribution < 1.29 is 9.59 Å². The van der Waals surface area contributed by atoms with Gasteiger partial charge in [0.25, 0.3) is 0 Å². The Hall–Kier alpha value is -1.96. The quantitative estimate of drug-likeness (QED) is 0.641. The van der Waals surface area contributed by atoms with E-state index in [4.69, 9.17) is 5.73 Å². The first kappa shape index (κ1) is 22.3. The minimum Gasteiger partial charge on any atom is -0.330 e. The molecule has 152 valence electrons. The Morgan fingerprint density at radius 3 is 2.43 bits per heavy atom. The second kappa shape index (κ2) is 10.0. The van der Waals surface area contributed by atoms with Gasteiger partial charge in [0.15, 0.2) is 5.13 Å². The summed E-state index contributed by atoms with van der Waals surface area (Å²) in [4.78, 5) is 28.1. The number of nitrogens with zero attached hydrogens (tertiary/aromatic N) is 1. The monoisotopic (exact) mass is 422 g/mol. The predicted octanol–water partition coefficient (Wildman–Crippen LogP) is 4.43. The molecule has 1 heterocycles. The van der Waals surface area contributed by atoms with Gasteiger partial charge in [0.2, 0.25) is 11.8 Å². The van der Waals surface area contributed by atoms with Crippen LogP contribution in [0, 0.1) is 5.41 Å². The van der Waals surface area contributed by atoms with Crippen molar-refractivity contribution in [3.8, 4) is 11.3 Å². The fourth-order valence-electron chi connectivity index (χ4n) is 3.65. The molecule has 28 heavy (non-hydrogen) atoms. The number of anilines is 2. The molecule has 1 aliphatic carbocycles. The number of benzene rings is 1. The van der Waals surface area contributed by atoms with Crippen molar-refractivity contribution in [2.45, 2.75) is 45.4 Å². The van der Waals surface area contributed by atoms with E-state index in [0.717, 1.165) is 42.6 Å². The first-order valence-corrected chi connectivity index (χ1v) is 10.2. The maximum atomic E-state index is 12.5. The van der Waals surface area contributed by atoms with E-state index in [9.17, 15) is 9.59 Å². The summed E-state index contributed by atoms with van der Waals surface area (Å²) < 4.78 is 0. The molecule has 0 aliphatic heterocycles. The highest BCUT2D eigenvalue weighted by Gasteiger charge is 2.33. The number of aromatic nitrogens is 1. The summed E-state index contributed by atoms with van der Waals surface area (Å²) in [5.74, 6) is -0.112. The molecule has 1 saturated carbocycles. The molecule has 0 radical (unpaired) electrons. The predicted molar refractivity (Wildman–Crippen MR) is 117 cm³/mol. The van der Waals surface area contributed by atoms with Gasteiger partial charge in [-0.2, -0.15) is 0 Å². The van der Waals surface area contributed by atoms with Crippen LogP contribution in [0.1, 0.15) is 45.4 Å². The third-order valence-electron chi connectivity index (χ3n) is 5.13. The average molecular weight is 423 g/mol. The summed E-state index contributed by atoms with van der Waals surface area (Å²) in [6.45, 7) is 2.04. The van der Waals surface area contributed by atoms with Gasteiger partial charge in [-0.15, -0.1) is 23.7 Å². The number of carbonyl (C=O) groups is 2. The minimum absolute atomic E-state index is 0. The number of rotatable bonds is 6. The molecule has 2 aromatic rings. The van der Waals surface area contributed by atoms with Crippen molar-refractivity contribution >= 4 is 46.4 Å². The molecule has 1 aliphatic rings. The number of hydrogen-bond acceptors (Lipinski definition) is 5. The van der Waals surface area contributed by atoms with Crippen molar-refractivity contribution in [1.82, 2.24) is 4.98 Å². The number of thiazole rings is 1. The fraction of sp³-hybridized carbons (Fsp3) is 0.450. The highest BCUT2D eigenvalue weighted by Crippen LogP contribution is 2.38. The Bertz CT molecular complexity index is 801. The third-order valence-corrected chi connectivity index (χ3v) is 5.89. The summed E-state index contributed by atoms with van der Waals surface area (Å²) in [6.07, 6.45) is 6.06. The van der Waals surface area contributed by atoms with Gasteiger partial charge in [-0.1, -0.05) is 31.4 Å². The molecule has 6 nitrogen and oxygen atoms in total. The molecule has 0 saturated heterocycles. The van der Waals surface area contributed by atoms with E-state index in [1.807, 2.05) is 29.6 Å². The number of hydrogen-bond donors (Lipinski definition) is 3. The van der Waals surface area contributed by atoms with Crippen LogP contribution in [0.15, 0.2) is 29.6 Å². The van der Waals surface area contributed by atoms with Gasteiger partial charge in [-0.05, 0) is 36.9 Å². The van der Waals surface area contributed by atoms with Gasteiger partial charge in [-0.25, -0.2) is 4.98 Å². The Labute approximate surface area is 175 Å². The Balaban J connectivity index is 0.00000280. The van der Waals surface area contributed by atoms with Crippen LogP contribution in [0.5, 0.6) is 0 Å². The van der Waals surface area contributed by atoms with Crippen molar-refractivity contribution in [2.24, 2.45) is 11.1 Å². The van der Waals surface area contributed by atoms with Gasteiger partial charge >= 0.3 is 0 Å². The molecule has 0 atom stereocenters. The van der Waals surface area contributed by atoms with Crippen LogP contribution in [-0.2, 0) is 9.59 Å². The Kier molecular flexibility index (Phi) is 7.98. The van der Waals surface area contributed by atoms with E-state index >= 15 is 0 Å². The van der Waals surface area contributed by atoms with Crippen LogP contribution in [0.3, 0.4) is 0 Å². The van der Waals surface area contributed by atoms with E-state index in [-0.39, 0.29) is 29.6 Å². The van der Waals surface area contributed by atoms with Gasteiger partial charge < -0.3 is 16.4 Å². The number of carbonyl (C=O) groups excluding carboxylic acids is 2. The molecule has 0 spiro atoms. The second-order valence-electron chi connectivity index (χ2n) is 7.29. The summed E-state index contributed by atoms with van der Waals surface area (Å²) >= 11 is 1.41. The zero-order valence-corrected chi connectivity index (χ0v) is 17.6. The van der Waals surface area contributed by atoms with Crippen molar-refractivity contribution in [2.75, 3.05) is 17.2 Å². The maximum absolute atomic E-state index is 12.5. The smallest absolute Gasteiger partial charge is 0.226 e. The summed E-state index contributed by atoms with van der Waals surface area (Å²) in [5, 5.41) is 8.19. The molecule has 3 rings (SSSR count). The van der Waals surface area contributed by atoms with Crippen molar-refractivity contribution in [3.63, 3.8) is 0 Å². The van der Waals surface area contributed by atoms with Crippen LogP contribution in [-0.4, -0.2) is 23.3 Å². The average Bonchev–Trinajstić information content (AvgIpc) is 3.11. The van der Waals surface area contributed by atoms with Crippen LogP contribution < -0.4 is 16.4 Å². The summed E-state index contributed by atoms with van der Waals surface area (Å²) in [7, 11) is 0. The van der Waals surface area contributed by atoms with E-state index in [1.165, 1.54) is 24.7 Å². The second-order valence-corrected chi connectivity index (χ2v) is 8.14. The Morgan fingerprint density at radius 1 is 1.14 bits per heavy atom. The van der Waals surface area contributed by atoms with Crippen molar-refractivity contribution in [1.29, 1.82) is 0 Å². The molecule has 0 unspecified atom stereocenters. The lowest BCUT2D eigenvalue weighted by Gasteiger charge is -2.35. The fourth-order valence-corrected chi connectivity index (χ4v) is 4.39. The molecule has 2 amide bonds. The molecular formula is C20H27ClN4O2S. The van der Waals surface area contributed by atoms with Crippen LogP contribution in [0.25, 0.3) is 11.3 Å². The van der Waals surface area contributed by atoms with E-state index in [2.05, 4.69) is 15.6 Å². The normalized spacial score (nSPS) is 15.4. The Morgan fingerprint density at radius 2 is 1.82 bits per heavy atom. The standard InChI is InChI=1S/C20H26N4O2S.ClH/c1-14(25)22-16-7-5-15(6-8-16)17-12-27-19(23-17)24-18(26)11-20(13-21)9-3-2-4-10-20;/h5-8,12H,2-4,9-11,13,21H2,1H3,(H,22,25)(H,23,24,26);1H. The summed E-state index contributed by atoms with van der Waals surface area (Å²) in [5.41, 5.74) is 8.41. The maximum Gasteiger partial charge on any atom is 0.226 e. The highest BCUT2D eigenvalue weighted by molar-refractivity contribution is 7.14. The van der Waals surface area contributed by atoms with Gasteiger partial charge in [0.05, 0.1) is 5.69 Å². The molecule has 1 aromatic heterocycles. The lowest BCUT2D eigenvalue weighted by Crippen LogP contribution is -2.36. The zero-order chi connectivity index (χ0) is 19.3. The van der Waals surface area contributed by atoms with E-state index in [0.29, 0.717) is 18.1 Å². The molecule has 0 bridgehead atoms. The largest absolute Gasteiger partial charge is 0.330 e. The number of nitrogens with one attached hydrogen (secondary N) is 2. The number of nitrogens with two attached hydrogens (primary N) is 1. The zero-order valence-electron chi connectivity index (χ0n) is 16.0. The lowest BCUT2D eigenvalue weighted by atomic mass is 9.72. The number of halogens is 1. The summed E-state index contributed by atoms with van der Waals surface area (Å²) in [6, 6.07) is 7.47. The molecule has 1 aromatic carbocycles. The molecule has 1 fully saturated rings. The van der Waals surface area contributed by atoms with Gasteiger partial charge in [0.1, 0.15) is 0 Å². The van der Waals surface area contributed by atoms with Crippen LogP contribution in [0.2, 0.25) is 0 Å². The van der Waals surface area contributed by atoms with Gasteiger partial charge in [0, 0.05) is 30.0 Å². The topological polar surface area (TPSA) is 97.1 Å². The molecule has 4 N–H and O–H groups in total. The van der Waals surface area contributed by atoms with E-state index in [1.54, 1.807) is 0 Å².